The van der Waals surface area contributed by atoms with Crippen molar-refractivity contribution in [1.82, 2.24) is 14.5 Å². The van der Waals surface area contributed by atoms with Gasteiger partial charge >= 0.3 is 0 Å². The second-order valence-corrected chi connectivity index (χ2v) is 6.84. The van der Waals surface area contributed by atoms with Gasteiger partial charge in [-0.05, 0) is 23.9 Å². The summed E-state index contributed by atoms with van der Waals surface area (Å²) in [6, 6.07) is 5.56. The maximum atomic E-state index is 11.3. The van der Waals surface area contributed by atoms with Gasteiger partial charge in [0.05, 0.1) is 15.2 Å². The molecule has 0 atom stereocenters. The lowest BCUT2D eigenvalue weighted by molar-refractivity contribution is 0.0996. The third-order valence-corrected chi connectivity index (χ3v) is 5.50. The van der Waals surface area contributed by atoms with Crippen molar-refractivity contribution in [2.45, 2.75) is 9.50 Å². The first kappa shape index (κ1) is 14.2. The van der Waals surface area contributed by atoms with Crippen LogP contribution in [0.15, 0.2) is 27.7 Å². The van der Waals surface area contributed by atoms with Crippen LogP contribution in [0.25, 0.3) is 10.2 Å². The average Bonchev–Trinajstić information content (AvgIpc) is 2.96. The molecular weight excluding hydrogens is 330 g/mol. The smallest absolute Gasteiger partial charge is 0.271 e. The molecule has 0 unspecified atom stereocenters. The Morgan fingerprint density at radius 3 is 2.81 bits per heavy atom. The molecule has 1 amide bonds. The van der Waals surface area contributed by atoms with E-state index >= 15 is 0 Å². The lowest BCUT2D eigenvalue weighted by Crippen LogP contribution is -2.14. The number of amides is 1. The number of primary amides is 1. The fourth-order valence-electron chi connectivity index (χ4n) is 1.78. The maximum Gasteiger partial charge on any atom is 0.271 e. The highest BCUT2D eigenvalue weighted by molar-refractivity contribution is 8.01. The van der Waals surface area contributed by atoms with E-state index in [1.807, 2.05) is 18.2 Å². The van der Waals surface area contributed by atoms with Gasteiger partial charge in [0.25, 0.3) is 5.91 Å². The summed E-state index contributed by atoms with van der Waals surface area (Å²) < 4.78 is 3.29. The van der Waals surface area contributed by atoms with E-state index in [4.69, 9.17) is 23.1 Å². The summed E-state index contributed by atoms with van der Waals surface area (Å²) in [5.41, 5.74) is 11.9. The highest BCUT2D eigenvalue weighted by Crippen LogP contribution is 2.37. The number of rotatable bonds is 3. The van der Waals surface area contributed by atoms with Gasteiger partial charge in [-0.2, -0.15) is 0 Å². The minimum atomic E-state index is -0.651. The summed E-state index contributed by atoms with van der Waals surface area (Å²) in [4.78, 5) is 19.9. The summed E-state index contributed by atoms with van der Waals surface area (Å²) in [6.07, 6.45) is 0. The number of imidazole rings is 1. The van der Waals surface area contributed by atoms with E-state index in [1.165, 1.54) is 23.1 Å². The highest BCUT2D eigenvalue weighted by atomic mass is 35.5. The van der Waals surface area contributed by atoms with Crippen LogP contribution in [0.5, 0.6) is 0 Å². The Labute approximate surface area is 133 Å². The molecule has 6 nitrogen and oxygen atoms in total. The number of anilines is 1. The van der Waals surface area contributed by atoms with Gasteiger partial charge < -0.3 is 16.0 Å². The summed E-state index contributed by atoms with van der Waals surface area (Å²) >= 11 is 8.91. The van der Waals surface area contributed by atoms with Gasteiger partial charge in [-0.15, -0.1) is 11.3 Å². The van der Waals surface area contributed by atoms with Gasteiger partial charge in [0.15, 0.2) is 15.2 Å². The van der Waals surface area contributed by atoms with E-state index < -0.39 is 5.91 Å². The first-order valence-electron chi connectivity index (χ1n) is 5.82. The number of aromatic nitrogens is 3. The first-order valence-corrected chi connectivity index (χ1v) is 7.83. The molecule has 0 saturated heterocycles. The lowest BCUT2D eigenvalue weighted by Gasteiger charge is -1.99. The van der Waals surface area contributed by atoms with E-state index in [1.54, 1.807) is 11.6 Å². The van der Waals surface area contributed by atoms with Crippen molar-refractivity contribution in [3.8, 4) is 0 Å². The second kappa shape index (κ2) is 5.21. The molecule has 108 valence electrons. The second-order valence-electron chi connectivity index (χ2n) is 4.22. The van der Waals surface area contributed by atoms with E-state index in [0.717, 1.165) is 14.6 Å². The molecule has 2 heterocycles. The van der Waals surface area contributed by atoms with E-state index in [2.05, 4.69) is 9.97 Å². The zero-order valence-electron chi connectivity index (χ0n) is 10.8. The summed E-state index contributed by atoms with van der Waals surface area (Å²) in [5, 5.41) is 1.21. The van der Waals surface area contributed by atoms with Crippen molar-refractivity contribution in [2.75, 3.05) is 5.73 Å². The Bertz CT molecular complexity index is 857. The van der Waals surface area contributed by atoms with Crippen molar-refractivity contribution in [1.29, 1.82) is 0 Å². The fourth-order valence-corrected chi connectivity index (χ4v) is 4.08. The van der Waals surface area contributed by atoms with Crippen LogP contribution < -0.4 is 11.5 Å². The molecule has 0 aliphatic heterocycles. The molecule has 3 aromatic rings. The molecule has 0 fully saturated rings. The average molecular weight is 340 g/mol. The Balaban J connectivity index is 2.01. The molecule has 0 bridgehead atoms. The predicted molar refractivity (Wildman–Crippen MR) is 84.9 cm³/mol. The number of nitrogen functional groups attached to an aromatic ring is 1. The Morgan fingerprint density at radius 2 is 2.19 bits per heavy atom. The quantitative estimate of drug-likeness (QED) is 0.763. The van der Waals surface area contributed by atoms with Crippen molar-refractivity contribution >= 4 is 56.6 Å². The molecular formula is C12H10ClN5OS2. The van der Waals surface area contributed by atoms with Crippen LogP contribution in [-0.4, -0.2) is 20.4 Å². The highest BCUT2D eigenvalue weighted by Gasteiger charge is 2.18. The molecule has 3 rings (SSSR count). The normalized spacial score (nSPS) is 11.1. The molecule has 0 aliphatic carbocycles. The number of benzene rings is 1. The molecule has 0 saturated carbocycles. The van der Waals surface area contributed by atoms with Crippen molar-refractivity contribution < 1.29 is 4.79 Å². The van der Waals surface area contributed by atoms with E-state index in [9.17, 15) is 4.79 Å². The number of thiazole rings is 1. The minimum Gasteiger partial charge on any atom is -0.383 e. The van der Waals surface area contributed by atoms with Crippen molar-refractivity contribution in [3.05, 3.63) is 28.9 Å². The van der Waals surface area contributed by atoms with Crippen LogP contribution in [0.3, 0.4) is 0 Å². The van der Waals surface area contributed by atoms with Gasteiger partial charge in [0.1, 0.15) is 5.82 Å². The number of halogens is 1. The number of fused-ring (bicyclic) bond motifs is 1. The molecule has 9 heteroatoms. The number of carbonyl (C=O) groups excluding carboxylic acids is 1. The van der Waals surface area contributed by atoms with Gasteiger partial charge in [-0.3, -0.25) is 4.79 Å². The zero-order chi connectivity index (χ0) is 15.1. The number of hydrogen-bond acceptors (Lipinski definition) is 6. The van der Waals surface area contributed by atoms with E-state index in [0.29, 0.717) is 10.2 Å². The Kier molecular flexibility index (Phi) is 3.52. The number of hydrogen-bond donors (Lipinski definition) is 2. The minimum absolute atomic E-state index is 0.0687. The summed E-state index contributed by atoms with van der Waals surface area (Å²) in [5.74, 6) is -0.411. The van der Waals surface area contributed by atoms with E-state index in [-0.39, 0.29) is 11.5 Å². The summed E-state index contributed by atoms with van der Waals surface area (Å²) in [7, 11) is 1.72. The third-order valence-electron chi connectivity index (χ3n) is 2.86. The fraction of sp³-hybridized carbons (Fsp3) is 0.0833. The molecule has 0 spiro atoms. The number of carbonyl (C=O) groups is 1. The van der Waals surface area contributed by atoms with Crippen LogP contribution in [-0.2, 0) is 7.05 Å². The van der Waals surface area contributed by atoms with Crippen molar-refractivity contribution in [3.63, 3.8) is 0 Å². The monoisotopic (exact) mass is 339 g/mol. The summed E-state index contributed by atoms with van der Waals surface area (Å²) in [6.45, 7) is 0. The zero-order valence-corrected chi connectivity index (χ0v) is 13.2. The van der Waals surface area contributed by atoms with Crippen LogP contribution in [0, 0.1) is 0 Å². The molecule has 21 heavy (non-hydrogen) atoms. The predicted octanol–water partition coefficient (Wildman–Crippen LogP) is 2.52. The lowest BCUT2D eigenvalue weighted by atomic mass is 10.3. The third kappa shape index (κ3) is 2.45. The van der Waals surface area contributed by atoms with Crippen LogP contribution in [0.2, 0.25) is 5.02 Å². The Hall–Kier alpha value is -1.77. The number of nitrogens with zero attached hydrogens (tertiary/aromatic N) is 3. The molecule has 4 N–H and O–H groups in total. The first-order chi connectivity index (χ1) is 9.97. The molecule has 0 aliphatic rings. The largest absolute Gasteiger partial charge is 0.383 e. The standard InChI is InChI=1S/C12H10ClN5OS2/c1-18-9(14)7(10(15)19)17-11(18)21-12-16-6-4-2-3-5(13)8(6)20-12/h2-4H,14H2,1H3,(H2,15,19). The van der Waals surface area contributed by atoms with Gasteiger partial charge in [-0.25, -0.2) is 9.97 Å². The van der Waals surface area contributed by atoms with Crippen molar-refractivity contribution in [2.24, 2.45) is 12.8 Å². The van der Waals surface area contributed by atoms with Gasteiger partial charge in [0, 0.05) is 7.05 Å². The molecule has 1 aromatic carbocycles. The topological polar surface area (TPSA) is 99.8 Å². The van der Waals surface area contributed by atoms with Gasteiger partial charge in [-0.1, -0.05) is 17.7 Å². The Morgan fingerprint density at radius 1 is 1.43 bits per heavy atom. The maximum absolute atomic E-state index is 11.3. The molecule has 0 radical (unpaired) electrons. The SMILES string of the molecule is Cn1c(Sc2nc3cccc(Cl)c3s2)nc(C(N)=O)c1N. The molecule has 2 aromatic heterocycles. The van der Waals surface area contributed by atoms with Crippen LogP contribution in [0.4, 0.5) is 5.82 Å². The van der Waals surface area contributed by atoms with Gasteiger partial charge in [0.2, 0.25) is 0 Å². The van der Waals surface area contributed by atoms with Crippen LogP contribution in [0.1, 0.15) is 10.5 Å². The van der Waals surface area contributed by atoms with Crippen LogP contribution >= 0.6 is 34.7 Å². The number of nitrogens with two attached hydrogens (primary N) is 2.